The highest BCUT2D eigenvalue weighted by Crippen LogP contribution is 2.48. The lowest BCUT2D eigenvalue weighted by atomic mass is 9.96. The number of unbranched alkanes of at least 4 members (excludes halogenated alkanes) is 2. The Bertz CT molecular complexity index is 1220. The third-order valence-electron chi connectivity index (χ3n) is 6.88. The van der Waals surface area contributed by atoms with Crippen molar-refractivity contribution in [3.63, 3.8) is 0 Å². The molecule has 0 fully saturated rings. The Balaban J connectivity index is 1.43. The number of fused-ring (bicyclic) bond motifs is 3. The van der Waals surface area contributed by atoms with Crippen LogP contribution in [0.3, 0.4) is 0 Å². The lowest BCUT2D eigenvalue weighted by Gasteiger charge is -2.38. The van der Waals surface area contributed by atoms with Crippen LogP contribution >= 0.6 is 0 Å². The molecule has 37 heavy (non-hydrogen) atoms. The predicted octanol–water partition coefficient (Wildman–Crippen LogP) is 7.30. The van der Waals surface area contributed by atoms with Crippen molar-refractivity contribution in [2.24, 2.45) is 5.10 Å². The number of nitrogens with zero attached hydrogens (tertiary/aromatic N) is 2. The van der Waals surface area contributed by atoms with E-state index in [4.69, 9.17) is 24.0 Å². The Morgan fingerprint density at radius 1 is 0.892 bits per heavy atom. The quantitative estimate of drug-likeness (QED) is 0.259. The third kappa shape index (κ3) is 5.38. The first-order chi connectivity index (χ1) is 18.2. The molecule has 2 atom stereocenters. The van der Waals surface area contributed by atoms with Crippen molar-refractivity contribution in [3.8, 4) is 23.0 Å². The van der Waals surface area contributed by atoms with Gasteiger partial charge in [0, 0.05) is 17.5 Å². The Kier molecular flexibility index (Phi) is 7.83. The molecule has 0 radical (unpaired) electrons. The summed E-state index contributed by atoms with van der Waals surface area (Å²) in [6, 6.07) is 22.7. The van der Waals surface area contributed by atoms with E-state index in [9.17, 15) is 0 Å². The van der Waals surface area contributed by atoms with Gasteiger partial charge in [-0.25, -0.2) is 5.01 Å². The predicted molar refractivity (Wildman–Crippen MR) is 146 cm³/mol. The van der Waals surface area contributed by atoms with Crippen LogP contribution in [0.2, 0.25) is 0 Å². The summed E-state index contributed by atoms with van der Waals surface area (Å²) < 4.78 is 24.0. The highest BCUT2D eigenvalue weighted by molar-refractivity contribution is 6.02. The first-order valence-corrected chi connectivity index (χ1v) is 13.4. The van der Waals surface area contributed by atoms with Gasteiger partial charge in [-0.1, -0.05) is 44.9 Å². The first-order valence-electron chi connectivity index (χ1n) is 13.4. The summed E-state index contributed by atoms with van der Waals surface area (Å²) in [6.07, 6.45) is 4.71. The molecule has 5 rings (SSSR count). The normalized spacial score (nSPS) is 17.9. The number of rotatable bonds is 11. The maximum atomic E-state index is 6.53. The fraction of sp³-hybridized carbons (Fsp3) is 0.387. The van der Waals surface area contributed by atoms with Crippen LogP contribution < -0.4 is 18.9 Å². The lowest BCUT2D eigenvalue weighted by Crippen LogP contribution is -2.33. The average Bonchev–Trinajstić information content (AvgIpc) is 3.39. The number of benzene rings is 3. The largest absolute Gasteiger partial charge is 0.494 e. The highest BCUT2D eigenvalue weighted by Gasteiger charge is 2.41. The number of hydrazone groups is 1. The van der Waals surface area contributed by atoms with Gasteiger partial charge in [-0.3, -0.25) is 0 Å². The molecule has 2 aliphatic rings. The van der Waals surface area contributed by atoms with Gasteiger partial charge in [0.05, 0.1) is 32.1 Å². The summed E-state index contributed by atoms with van der Waals surface area (Å²) in [6.45, 7) is 5.73. The molecule has 6 heteroatoms. The summed E-state index contributed by atoms with van der Waals surface area (Å²) in [5.41, 5.74) is 4.28. The van der Waals surface area contributed by atoms with Crippen LogP contribution in [0.25, 0.3) is 0 Å². The van der Waals surface area contributed by atoms with Crippen LogP contribution in [0.5, 0.6) is 23.0 Å². The van der Waals surface area contributed by atoms with Crippen LogP contribution in [-0.2, 0) is 0 Å². The monoisotopic (exact) mass is 500 g/mol. The van der Waals surface area contributed by atoms with E-state index < -0.39 is 0 Å². The van der Waals surface area contributed by atoms with Crippen LogP contribution in [0.4, 0.5) is 0 Å². The second kappa shape index (κ2) is 11.6. The van der Waals surface area contributed by atoms with Gasteiger partial charge < -0.3 is 18.9 Å². The number of para-hydroxylation sites is 1. The molecule has 0 bridgehead atoms. The number of hydrogen-bond donors (Lipinski definition) is 0. The SMILES string of the molecule is CCCCOc1ccc(C2=NN3C(C2)c2ccccc2OC3c2ccc(OCCCC)c(OC)c2)cc1. The van der Waals surface area contributed by atoms with E-state index in [1.165, 1.54) is 0 Å². The molecule has 3 aromatic carbocycles. The van der Waals surface area contributed by atoms with E-state index in [0.717, 1.165) is 78.4 Å². The second-order valence-electron chi connectivity index (χ2n) is 9.49. The molecule has 2 heterocycles. The van der Waals surface area contributed by atoms with E-state index >= 15 is 0 Å². The Morgan fingerprint density at radius 2 is 1.65 bits per heavy atom. The maximum Gasteiger partial charge on any atom is 0.214 e. The van der Waals surface area contributed by atoms with Gasteiger partial charge in [0.15, 0.2) is 11.5 Å². The summed E-state index contributed by atoms with van der Waals surface area (Å²) in [5.74, 6) is 3.24. The molecule has 2 aliphatic heterocycles. The molecule has 0 spiro atoms. The zero-order valence-corrected chi connectivity index (χ0v) is 22.0. The topological polar surface area (TPSA) is 52.5 Å². The molecule has 0 amide bonds. The molecule has 0 saturated heterocycles. The molecular weight excluding hydrogens is 464 g/mol. The van der Waals surface area contributed by atoms with E-state index in [-0.39, 0.29) is 12.3 Å². The van der Waals surface area contributed by atoms with Gasteiger partial charge >= 0.3 is 0 Å². The Morgan fingerprint density at radius 3 is 2.41 bits per heavy atom. The van der Waals surface area contributed by atoms with Crippen molar-refractivity contribution in [2.75, 3.05) is 20.3 Å². The van der Waals surface area contributed by atoms with E-state index in [1.54, 1.807) is 7.11 Å². The molecule has 0 aromatic heterocycles. The minimum Gasteiger partial charge on any atom is -0.494 e. The van der Waals surface area contributed by atoms with Crippen molar-refractivity contribution in [3.05, 3.63) is 83.4 Å². The minimum absolute atomic E-state index is 0.0944. The summed E-state index contributed by atoms with van der Waals surface area (Å²) in [5, 5.41) is 7.19. The Labute approximate surface area is 219 Å². The number of hydrogen-bond acceptors (Lipinski definition) is 6. The molecular formula is C31H36N2O4. The molecule has 6 nitrogen and oxygen atoms in total. The zero-order valence-electron chi connectivity index (χ0n) is 22.0. The van der Waals surface area contributed by atoms with Gasteiger partial charge in [-0.15, -0.1) is 0 Å². The van der Waals surface area contributed by atoms with Crippen LogP contribution in [0.1, 0.15) is 74.9 Å². The fourth-order valence-electron chi connectivity index (χ4n) is 4.79. The van der Waals surface area contributed by atoms with E-state index in [1.807, 2.05) is 36.4 Å². The Hall–Kier alpha value is -3.67. The van der Waals surface area contributed by atoms with Gasteiger partial charge in [0.1, 0.15) is 11.5 Å². The zero-order chi connectivity index (χ0) is 25.6. The summed E-state index contributed by atoms with van der Waals surface area (Å²) >= 11 is 0. The van der Waals surface area contributed by atoms with Gasteiger partial charge in [-0.2, -0.15) is 5.10 Å². The van der Waals surface area contributed by atoms with Crippen LogP contribution in [-0.4, -0.2) is 31.0 Å². The lowest BCUT2D eigenvalue weighted by molar-refractivity contribution is -0.0191. The van der Waals surface area contributed by atoms with E-state index in [0.29, 0.717) is 12.4 Å². The molecule has 0 saturated carbocycles. The minimum atomic E-state index is -0.368. The fourth-order valence-corrected chi connectivity index (χ4v) is 4.79. The van der Waals surface area contributed by atoms with Gasteiger partial charge in [0.25, 0.3) is 0 Å². The standard InChI is InChI=1S/C31H36N2O4/c1-4-6-18-35-24-15-12-22(13-16-24)26-21-27-25-10-8-9-11-28(25)37-31(33(27)32-26)23-14-17-29(30(20-23)34-3)36-19-7-5-2/h8-17,20,27,31H,4-7,18-19,21H2,1-3H3. The summed E-state index contributed by atoms with van der Waals surface area (Å²) in [4.78, 5) is 0. The first kappa shape index (κ1) is 25.0. The number of ether oxygens (including phenoxy) is 4. The van der Waals surface area contributed by atoms with Crippen molar-refractivity contribution < 1.29 is 18.9 Å². The third-order valence-corrected chi connectivity index (χ3v) is 6.88. The van der Waals surface area contributed by atoms with Crippen LogP contribution in [0, 0.1) is 0 Å². The summed E-state index contributed by atoms with van der Waals surface area (Å²) in [7, 11) is 1.67. The number of methoxy groups -OCH3 is 1. The molecule has 3 aromatic rings. The maximum absolute atomic E-state index is 6.53. The van der Waals surface area contributed by atoms with Crippen LogP contribution in [0.15, 0.2) is 71.8 Å². The van der Waals surface area contributed by atoms with Crippen molar-refractivity contribution >= 4 is 5.71 Å². The smallest absolute Gasteiger partial charge is 0.214 e. The molecule has 2 unspecified atom stereocenters. The second-order valence-corrected chi connectivity index (χ2v) is 9.49. The molecule has 0 N–H and O–H groups in total. The van der Waals surface area contributed by atoms with Crippen molar-refractivity contribution in [1.82, 2.24) is 5.01 Å². The van der Waals surface area contributed by atoms with Gasteiger partial charge in [0.2, 0.25) is 6.23 Å². The van der Waals surface area contributed by atoms with Gasteiger partial charge in [-0.05, 0) is 66.9 Å². The van der Waals surface area contributed by atoms with Crippen molar-refractivity contribution in [2.45, 2.75) is 58.2 Å². The highest BCUT2D eigenvalue weighted by atomic mass is 16.5. The molecule has 194 valence electrons. The average molecular weight is 501 g/mol. The van der Waals surface area contributed by atoms with Crippen molar-refractivity contribution in [1.29, 1.82) is 0 Å². The molecule has 0 aliphatic carbocycles. The van der Waals surface area contributed by atoms with E-state index in [2.05, 4.69) is 49.2 Å².